The van der Waals surface area contributed by atoms with Crippen LogP contribution in [-0.2, 0) is 26.7 Å². The Morgan fingerprint density at radius 3 is 2.58 bits per heavy atom. The Bertz CT molecular complexity index is 2040. The Morgan fingerprint density at radius 2 is 1.85 bits per heavy atom. The number of anilines is 2. The molecule has 4 aliphatic rings. The Kier molecular flexibility index (Phi) is 9.96. The van der Waals surface area contributed by atoms with E-state index in [9.17, 15) is 23.1 Å². The number of carbonyl (C=O) groups is 2. The van der Waals surface area contributed by atoms with Gasteiger partial charge in [-0.15, -0.1) is 0 Å². The second-order valence-corrected chi connectivity index (χ2v) is 18.7. The summed E-state index contributed by atoms with van der Waals surface area (Å²) in [7, 11) is -2.33. The molecule has 53 heavy (non-hydrogen) atoms. The van der Waals surface area contributed by atoms with E-state index in [1.165, 1.54) is 11.1 Å². The van der Waals surface area contributed by atoms with Crippen LogP contribution >= 0.6 is 11.6 Å². The van der Waals surface area contributed by atoms with Gasteiger partial charge in [-0.2, -0.15) is 0 Å². The maximum Gasteiger partial charge on any atom is 0.264 e. The number of fused-ring (bicyclic) bond motifs is 4. The highest BCUT2D eigenvalue weighted by molar-refractivity contribution is 7.90. The number of hydrogen-bond acceptors (Lipinski definition) is 7. The summed E-state index contributed by atoms with van der Waals surface area (Å²) in [5.74, 6) is -0.955. The van der Waals surface area contributed by atoms with Crippen molar-refractivity contribution in [1.29, 1.82) is 0 Å². The van der Waals surface area contributed by atoms with Crippen molar-refractivity contribution in [1.82, 2.24) is 4.72 Å². The van der Waals surface area contributed by atoms with Crippen LogP contribution in [0.4, 0.5) is 11.4 Å². The molecule has 3 aromatic rings. The van der Waals surface area contributed by atoms with Crippen molar-refractivity contribution in [2.45, 2.75) is 82.0 Å². The van der Waals surface area contributed by atoms with Crippen LogP contribution in [0.1, 0.15) is 80.8 Å². The maximum absolute atomic E-state index is 13.9. The summed E-state index contributed by atoms with van der Waals surface area (Å²) < 4.78 is 36.0. The van der Waals surface area contributed by atoms with Gasteiger partial charge in [0, 0.05) is 41.8 Å². The molecule has 9 nitrogen and oxygen atoms in total. The van der Waals surface area contributed by atoms with E-state index in [-0.39, 0.29) is 35.1 Å². The molecule has 0 radical (unpaired) electrons. The number of allylic oxidation sites excluding steroid dienone is 1. The van der Waals surface area contributed by atoms with E-state index in [1.807, 2.05) is 55.5 Å². The lowest BCUT2D eigenvalue weighted by Crippen LogP contribution is -2.59. The van der Waals surface area contributed by atoms with Gasteiger partial charge in [-0.05, 0) is 116 Å². The van der Waals surface area contributed by atoms with Crippen molar-refractivity contribution < 1.29 is 27.9 Å². The number of amides is 2. The molecule has 1 unspecified atom stereocenters. The number of para-hydroxylation sites is 1. The van der Waals surface area contributed by atoms with Crippen LogP contribution < -0.4 is 19.3 Å². The molecular formula is C42H50ClN3O6S. The number of carbonyl (C=O) groups excluding carboxylic acids is 2. The molecule has 0 aromatic heterocycles. The molecule has 7 rings (SSSR count). The first kappa shape index (κ1) is 37.5. The molecule has 2 bridgehead atoms. The molecule has 2 aliphatic heterocycles. The minimum atomic E-state index is -4.06. The topological polar surface area (TPSA) is 116 Å². The minimum absolute atomic E-state index is 0.130. The molecule has 282 valence electrons. The quantitative estimate of drug-likeness (QED) is 0.275. The number of aliphatic hydroxyl groups is 1. The van der Waals surface area contributed by atoms with E-state index in [1.54, 1.807) is 43.1 Å². The molecule has 1 fully saturated rings. The van der Waals surface area contributed by atoms with Gasteiger partial charge < -0.3 is 19.6 Å². The highest BCUT2D eigenvalue weighted by Gasteiger charge is 2.55. The normalized spacial score (nSPS) is 31.5. The predicted molar refractivity (Wildman–Crippen MR) is 209 cm³/mol. The minimum Gasteiger partial charge on any atom is -0.490 e. The fraction of sp³-hybridized carbons (Fsp3) is 0.476. The number of nitrogens with zero attached hydrogens (tertiary/aromatic N) is 2. The zero-order chi connectivity index (χ0) is 37.8. The summed E-state index contributed by atoms with van der Waals surface area (Å²) in [6.45, 7) is 7.12. The maximum atomic E-state index is 13.9. The molecule has 1 spiro atoms. The van der Waals surface area contributed by atoms with Crippen LogP contribution in [-0.4, -0.2) is 62.9 Å². The largest absolute Gasteiger partial charge is 0.490 e. The zero-order valence-electron chi connectivity index (χ0n) is 31.0. The van der Waals surface area contributed by atoms with Gasteiger partial charge in [0.05, 0.1) is 29.6 Å². The van der Waals surface area contributed by atoms with E-state index >= 15 is 0 Å². The summed E-state index contributed by atoms with van der Waals surface area (Å²) in [6, 6.07) is 20.6. The molecule has 11 heteroatoms. The number of nitrogens with one attached hydrogen (secondary N) is 1. The van der Waals surface area contributed by atoms with Gasteiger partial charge in [0.2, 0.25) is 15.9 Å². The van der Waals surface area contributed by atoms with E-state index < -0.39 is 32.2 Å². The summed E-state index contributed by atoms with van der Waals surface area (Å²) in [5.41, 5.74) is 1.75. The van der Waals surface area contributed by atoms with E-state index in [4.69, 9.17) is 16.3 Å². The molecule has 1 saturated carbocycles. The van der Waals surface area contributed by atoms with Gasteiger partial charge in [-0.1, -0.05) is 61.9 Å². The van der Waals surface area contributed by atoms with Crippen molar-refractivity contribution in [2.24, 2.45) is 17.3 Å². The van der Waals surface area contributed by atoms with Gasteiger partial charge in [-0.3, -0.25) is 9.59 Å². The highest BCUT2D eigenvalue weighted by atomic mass is 35.5. The van der Waals surface area contributed by atoms with Gasteiger partial charge >= 0.3 is 0 Å². The molecule has 3 aromatic carbocycles. The van der Waals surface area contributed by atoms with Crippen LogP contribution in [0.3, 0.4) is 0 Å². The molecule has 0 saturated heterocycles. The summed E-state index contributed by atoms with van der Waals surface area (Å²) in [5, 5.41) is 12.5. The summed E-state index contributed by atoms with van der Waals surface area (Å²) in [6.07, 6.45) is 8.08. The Morgan fingerprint density at radius 1 is 1.08 bits per heavy atom. The lowest BCUT2D eigenvalue weighted by atomic mass is 9.54. The summed E-state index contributed by atoms with van der Waals surface area (Å²) in [4.78, 5) is 31.4. The van der Waals surface area contributed by atoms with Crippen molar-refractivity contribution in [3.63, 3.8) is 0 Å². The molecule has 6 atom stereocenters. The second kappa shape index (κ2) is 14.1. The third-order valence-electron chi connectivity index (χ3n) is 12.7. The van der Waals surface area contributed by atoms with Gasteiger partial charge in [-0.25, -0.2) is 13.1 Å². The number of hydrogen-bond donors (Lipinski definition) is 2. The van der Waals surface area contributed by atoms with Crippen LogP contribution in [0, 0.1) is 17.3 Å². The second-order valence-electron chi connectivity index (χ2n) is 16.3. The molecule has 2 N–H and O–H groups in total. The standard InChI is InChI=1S/C42H50ClN3O6S/c1-28-10-8-20-42(49,24-38(47)45(4)33-12-6-5-7-13-33)37-18-21-40(37,3)25-46-26-41(19-9-11-30-22-32(43)15-16-34(30)41)27-52-36-17-14-31(23-35(36)46)39(48)44-53(50,51)29(28)2/h5-8,12-17,20,22-23,28-29,37,49H,9-11,18-19,21,24-27H2,1-4H3,(H,44,48)/b20-8+/t28-,29+,37+,40?,41-,42+/m0/s1. The molecule has 2 heterocycles. The predicted octanol–water partition coefficient (Wildman–Crippen LogP) is 7.06. The van der Waals surface area contributed by atoms with Crippen LogP contribution in [0.25, 0.3) is 0 Å². The van der Waals surface area contributed by atoms with Crippen LogP contribution in [0.15, 0.2) is 78.9 Å². The van der Waals surface area contributed by atoms with Crippen LogP contribution in [0.5, 0.6) is 5.75 Å². The number of halogens is 1. The van der Waals surface area contributed by atoms with Crippen molar-refractivity contribution in [2.75, 3.05) is 36.5 Å². The number of benzene rings is 3. The third-order valence-corrected chi connectivity index (χ3v) is 14.8. The van der Waals surface area contributed by atoms with Crippen LogP contribution in [0.2, 0.25) is 5.02 Å². The lowest BCUT2D eigenvalue weighted by Gasteiger charge is -2.56. The van der Waals surface area contributed by atoms with E-state index in [0.717, 1.165) is 31.4 Å². The average Bonchev–Trinajstić information content (AvgIpc) is 3.26. The molecular weight excluding hydrogens is 710 g/mol. The fourth-order valence-corrected chi connectivity index (χ4v) is 10.7. The number of rotatable bonds is 3. The first-order valence-electron chi connectivity index (χ1n) is 18.7. The van der Waals surface area contributed by atoms with Crippen molar-refractivity contribution in [3.8, 4) is 5.75 Å². The molecule has 2 amide bonds. The highest BCUT2D eigenvalue weighted by Crippen LogP contribution is 2.55. The monoisotopic (exact) mass is 759 g/mol. The smallest absolute Gasteiger partial charge is 0.264 e. The van der Waals surface area contributed by atoms with Gasteiger partial charge in [0.15, 0.2) is 0 Å². The first-order chi connectivity index (χ1) is 25.1. The van der Waals surface area contributed by atoms with Crippen molar-refractivity contribution >= 4 is 44.8 Å². The number of sulfonamides is 1. The Labute approximate surface area is 318 Å². The first-order valence-corrected chi connectivity index (χ1v) is 20.6. The summed E-state index contributed by atoms with van der Waals surface area (Å²) >= 11 is 6.47. The Balaban J connectivity index is 1.32. The van der Waals surface area contributed by atoms with E-state index in [0.29, 0.717) is 49.0 Å². The Hall–Kier alpha value is -3.86. The third kappa shape index (κ3) is 7.10. The number of aryl methyl sites for hydroxylation is 1. The van der Waals surface area contributed by atoms with E-state index in [2.05, 4.69) is 22.6 Å². The number of ether oxygens (including phenoxy) is 1. The van der Waals surface area contributed by atoms with Crippen molar-refractivity contribution in [3.05, 3.63) is 101 Å². The zero-order valence-corrected chi connectivity index (χ0v) is 32.6. The van der Waals surface area contributed by atoms with Gasteiger partial charge in [0.1, 0.15) is 5.75 Å². The molecule has 2 aliphatic carbocycles. The lowest BCUT2D eigenvalue weighted by molar-refractivity contribution is -0.132. The average molecular weight is 760 g/mol. The SMILES string of the molecule is C[C@@H]1[C@@H](C)C/C=C/[C@@](O)(CC(=O)N(C)c2ccccc2)[C@@H]2CCC2(C)CN2C[C@@]3(CCCc4cc(Cl)ccc43)COc3ccc(cc32)C(=O)NS1(=O)=O. The fourth-order valence-electron chi connectivity index (χ4n) is 9.21. The van der Waals surface area contributed by atoms with Gasteiger partial charge in [0.25, 0.3) is 5.91 Å².